The summed E-state index contributed by atoms with van der Waals surface area (Å²) in [6, 6.07) is 20.2. The number of benzene rings is 2. The molecule has 3 aromatic rings. The van der Waals surface area contributed by atoms with Crippen LogP contribution in [0, 0.1) is 6.92 Å². The minimum atomic E-state index is -0.000745. The maximum Gasteiger partial charge on any atom is 0.307 e. The molecule has 1 amide bonds. The molecule has 27 heavy (non-hydrogen) atoms. The highest BCUT2D eigenvalue weighted by Crippen LogP contribution is 2.10. The van der Waals surface area contributed by atoms with Crippen molar-refractivity contribution in [1.29, 1.82) is 0 Å². The van der Waals surface area contributed by atoms with Crippen molar-refractivity contribution >= 4 is 17.2 Å². The van der Waals surface area contributed by atoms with E-state index in [1.54, 1.807) is 4.57 Å². The SMILES string of the molecule is Cc1csc(=O)n1CCC(=O)N(CCc1ccccc1)Cc1ccccc1. The smallest absolute Gasteiger partial charge is 0.307 e. The monoisotopic (exact) mass is 380 g/mol. The van der Waals surface area contributed by atoms with E-state index in [2.05, 4.69) is 12.1 Å². The highest BCUT2D eigenvalue weighted by molar-refractivity contribution is 7.07. The molecule has 0 saturated heterocycles. The number of nitrogens with zero attached hydrogens (tertiary/aromatic N) is 2. The van der Waals surface area contributed by atoms with Gasteiger partial charge in [0.25, 0.3) is 0 Å². The Morgan fingerprint density at radius 3 is 2.22 bits per heavy atom. The van der Waals surface area contributed by atoms with Crippen LogP contribution < -0.4 is 4.87 Å². The van der Waals surface area contributed by atoms with Gasteiger partial charge in [-0.05, 0) is 24.5 Å². The van der Waals surface area contributed by atoms with Crippen LogP contribution in [0.5, 0.6) is 0 Å². The van der Waals surface area contributed by atoms with Crippen LogP contribution in [-0.2, 0) is 24.3 Å². The molecule has 0 fully saturated rings. The number of amides is 1. The predicted molar refractivity (Wildman–Crippen MR) is 110 cm³/mol. The molecule has 0 unspecified atom stereocenters. The van der Waals surface area contributed by atoms with Gasteiger partial charge in [0.1, 0.15) is 0 Å². The van der Waals surface area contributed by atoms with Gasteiger partial charge in [-0.3, -0.25) is 9.59 Å². The van der Waals surface area contributed by atoms with Gasteiger partial charge in [-0.2, -0.15) is 0 Å². The van der Waals surface area contributed by atoms with E-state index in [4.69, 9.17) is 0 Å². The molecule has 0 radical (unpaired) electrons. The number of aromatic nitrogens is 1. The summed E-state index contributed by atoms with van der Waals surface area (Å²) in [4.78, 5) is 26.7. The topological polar surface area (TPSA) is 42.3 Å². The van der Waals surface area contributed by atoms with Gasteiger partial charge in [0.05, 0.1) is 0 Å². The largest absolute Gasteiger partial charge is 0.338 e. The van der Waals surface area contributed by atoms with Crippen LogP contribution in [0.25, 0.3) is 0 Å². The van der Waals surface area contributed by atoms with Crippen LogP contribution in [0.1, 0.15) is 23.2 Å². The fourth-order valence-corrected chi connectivity index (χ4v) is 3.81. The summed E-state index contributed by atoms with van der Waals surface area (Å²) >= 11 is 1.18. The van der Waals surface area contributed by atoms with E-state index in [1.165, 1.54) is 16.9 Å². The molecule has 0 atom stereocenters. The van der Waals surface area contributed by atoms with E-state index >= 15 is 0 Å². The molecule has 0 aliphatic heterocycles. The van der Waals surface area contributed by atoms with Gasteiger partial charge >= 0.3 is 4.87 Å². The molecule has 0 spiro atoms. The Hall–Kier alpha value is -2.66. The maximum atomic E-state index is 12.9. The lowest BCUT2D eigenvalue weighted by atomic mass is 10.1. The standard InChI is InChI=1S/C22H24N2O2S/c1-18-17-27-22(26)24(18)15-13-21(25)23(16-20-10-6-3-7-11-20)14-12-19-8-4-2-5-9-19/h2-11,17H,12-16H2,1H3. The molecule has 4 nitrogen and oxygen atoms in total. The first-order valence-electron chi connectivity index (χ1n) is 9.14. The Morgan fingerprint density at radius 2 is 1.63 bits per heavy atom. The fraction of sp³-hybridized carbons (Fsp3) is 0.273. The van der Waals surface area contributed by atoms with Gasteiger partial charge in [0.15, 0.2) is 0 Å². The van der Waals surface area contributed by atoms with Crippen LogP contribution in [0.2, 0.25) is 0 Å². The second kappa shape index (κ2) is 9.33. The van der Waals surface area contributed by atoms with E-state index in [0.29, 0.717) is 26.1 Å². The van der Waals surface area contributed by atoms with Gasteiger partial charge in [0.2, 0.25) is 5.91 Å². The van der Waals surface area contributed by atoms with Gasteiger partial charge in [-0.15, -0.1) is 0 Å². The van der Waals surface area contributed by atoms with Crippen LogP contribution in [-0.4, -0.2) is 21.9 Å². The molecule has 1 aromatic heterocycles. The zero-order valence-corrected chi connectivity index (χ0v) is 16.3. The Bertz CT molecular complexity index is 916. The maximum absolute atomic E-state index is 12.9. The predicted octanol–water partition coefficient (Wildman–Crippen LogP) is 3.88. The minimum Gasteiger partial charge on any atom is -0.338 e. The molecule has 0 bridgehead atoms. The second-order valence-electron chi connectivity index (χ2n) is 6.58. The fourth-order valence-electron chi connectivity index (χ4n) is 3.04. The molecule has 0 aliphatic carbocycles. The Kier molecular flexibility index (Phi) is 6.60. The van der Waals surface area contributed by atoms with Crippen LogP contribution in [0.3, 0.4) is 0 Å². The molecule has 1 heterocycles. The van der Waals surface area contributed by atoms with E-state index in [-0.39, 0.29) is 10.8 Å². The van der Waals surface area contributed by atoms with Crippen LogP contribution in [0.4, 0.5) is 0 Å². The molecular weight excluding hydrogens is 356 g/mol. The third kappa shape index (κ3) is 5.41. The molecule has 3 rings (SSSR count). The highest BCUT2D eigenvalue weighted by Gasteiger charge is 2.15. The quantitative estimate of drug-likeness (QED) is 0.595. The van der Waals surface area contributed by atoms with E-state index in [9.17, 15) is 9.59 Å². The van der Waals surface area contributed by atoms with Crippen molar-refractivity contribution in [3.63, 3.8) is 0 Å². The lowest BCUT2D eigenvalue weighted by Crippen LogP contribution is -2.33. The molecule has 2 aromatic carbocycles. The number of aryl methyl sites for hydroxylation is 1. The van der Waals surface area contributed by atoms with E-state index < -0.39 is 0 Å². The first kappa shape index (κ1) is 19.1. The Balaban J connectivity index is 1.67. The first-order chi connectivity index (χ1) is 13.1. The van der Waals surface area contributed by atoms with Gasteiger partial charge in [-0.25, -0.2) is 0 Å². The average Bonchev–Trinajstić information content (AvgIpc) is 3.02. The average molecular weight is 381 g/mol. The lowest BCUT2D eigenvalue weighted by Gasteiger charge is -2.23. The number of carbonyl (C=O) groups excluding carboxylic acids is 1. The highest BCUT2D eigenvalue weighted by atomic mass is 32.1. The van der Waals surface area contributed by atoms with Crippen molar-refractivity contribution in [2.24, 2.45) is 0 Å². The lowest BCUT2D eigenvalue weighted by molar-refractivity contribution is -0.132. The molecule has 0 aliphatic rings. The summed E-state index contributed by atoms with van der Waals surface area (Å²) in [5.41, 5.74) is 3.24. The van der Waals surface area contributed by atoms with E-state index in [1.807, 2.05) is 65.7 Å². The van der Waals surface area contributed by atoms with Gasteiger partial charge in [0, 0.05) is 37.1 Å². The third-order valence-electron chi connectivity index (χ3n) is 4.61. The zero-order chi connectivity index (χ0) is 19.1. The second-order valence-corrected chi connectivity index (χ2v) is 7.40. The van der Waals surface area contributed by atoms with Crippen molar-refractivity contribution in [3.8, 4) is 0 Å². The van der Waals surface area contributed by atoms with Crippen molar-refractivity contribution in [2.45, 2.75) is 32.9 Å². The third-order valence-corrected chi connectivity index (χ3v) is 5.49. The number of carbonyl (C=O) groups is 1. The van der Waals surface area contributed by atoms with Crippen molar-refractivity contribution in [2.75, 3.05) is 6.54 Å². The molecule has 140 valence electrons. The number of hydrogen-bond acceptors (Lipinski definition) is 3. The van der Waals surface area contributed by atoms with Crippen LogP contribution >= 0.6 is 11.3 Å². The summed E-state index contributed by atoms with van der Waals surface area (Å²) in [7, 11) is 0. The molecule has 0 saturated carbocycles. The normalized spacial score (nSPS) is 10.7. The Labute approximate surface area is 163 Å². The minimum absolute atomic E-state index is 0.000745. The van der Waals surface area contributed by atoms with E-state index in [0.717, 1.165) is 17.7 Å². The molecule has 5 heteroatoms. The van der Waals surface area contributed by atoms with Crippen LogP contribution in [0.15, 0.2) is 70.8 Å². The number of thiazole rings is 1. The summed E-state index contributed by atoms with van der Waals surface area (Å²) in [5, 5.41) is 1.84. The van der Waals surface area contributed by atoms with Crippen molar-refractivity contribution in [1.82, 2.24) is 9.47 Å². The summed E-state index contributed by atoms with van der Waals surface area (Å²) in [5.74, 6) is 0.0762. The Morgan fingerprint density at radius 1 is 1.00 bits per heavy atom. The summed E-state index contributed by atoms with van der Waals surface area (Å²) in [6.45, 7) is 3.59. The zero-order valence-electron chi connectivity index (χ0n) is 15.5. The number of hydrogen-bond donors (Lipinski definition) is 0. The molecular formula is C22H24N2O2S. The van der Waals surface area contributed by atoms with Crippen molar-refractivity contribution < 1.29 is 4.79 Å². The summed E-state index contributed by atoms with van der Waals surface area (Å²) < 4.78 is 1.68. The number of rotatable bonds is 8. The van der Waals surface area contributed by atoms with Gasteiger partial charge < -0.3 is 9.47 Å². The van der Waals surface area contributed by atoms with Crippen molar-refractivity contribution in [3.05, 3.63) is 92.5 Å². The summed E-state index contributed by atoms with van der Waals surface area (Å²) in [6.07, 6.45) is 1.15. The molecule has 0 N–H and O–H groups in total. The first-order valence-corrected chi connectivity index (χ1v) is 10.0. The van der Waals surface area contributed by atoms with Gasteiger partial charge in [-0.1, -0.05) is 72.0 Å².